The summed E-state index contributed by atoms with van der Waals surface area (Å²) in [5.74, 6) is -1.46. The van der Waals surface area contributed by atoms with E-state index in [0.29, 0.717) is 35.3 Å². The fourth-order valence-electron chi connectivity index (χ4n) is 6.18. The molecule has 1 aromatic carbocycles. The number of cyclic esters (lactones) is 1. The third kappa shape index (κ3) is 3.71. The van der Waals surface area contributed by atoms with Crippen molar-refractivity contribution in [2.75, 3.05) is 20.4 Å². The van der Waals surface area contributed by atoms with Gasteiger partial charge in [-0.15, -0.1) is 0 Å². The van der Waals surface area contributed by atoms with E-state index in [9.17, 15) is 23.9 Å². The molecule has 10 nitrogen and oxygen atoms in total. The minimum Gasteiger partial charge on any atom is -0.458 e. The van der Waals surface area contributed by atoms with Crippen LogP contribution in [0.25, 0.3) is 22.3 Å². The van der Waals surface area contributed by atoms with Crippen LogP contribution in [0.15, 0.2) is 16.9 Å². The molecule has 0 spiro atoms. The van der Waals surface area contributed by atoms with Gasteiger partial charge in [0.1, 0.15) is 19.0 Å². The maximum Gasteiger partial charge on any atom is 0.343 e. The number of amides is 1. The number of nitrogens with one attached hydrogen (secondary N) is 2. The predicted octanol–water partition coefficient (Wildman–Crippen LogP) is 1.82. The van der Waals surface area contributed by atoms with Crippen molar-refractivity contribution >= 4 is 22.8 Å². The number of aliphatic hydroxyl groups is 1. The Labute approximate surface area is 223 Å². The fraction of sp³-hybridized carbons (Fsp3) is 0.429. The van der Waals surface area contributed by atoms with Crippen molar-refractivity contribution in [1.82, 2.24) is 20.2 Å². The largest absolute Gasteiger partial charge is 0.458 e. The number of fused-ring (bicyclic) bond motifs is 5. The molecule has 0 fully saturated rings. The summed E-state index contributed by atoms with van der Waals surface area (Å²) >= 11 is 0. The van der Waals surface area contributed by atoms with Gasteiger partial charge in [0.25, 0.3) is 5.56 Å². The molecular formula is C28H29FN4O6. The van der Waals surface area contributed by atoms with Gasteiger partial charge in [-0.05, 0) is 56.0 Å². The van der Waals surface area contributed by atoms with E-state index in [1.807, 2.05) is 0 Å². The summed E-state index contributed by atoms with van der Waals surface area (Å²) < 4.78 is 27.0. The lowest BCUT2D eigenvalue weighted by atomic mass is 9.81. The van der Waals surface area contributed by atoms with Crippen LogP contribution in [0, 0.1) is 12.7 Å². The molecule has 0 saturated heterocycles. The molecule has 3 aliphatic rings. The van der Waals surface area contributed by atoms with Crippen molar-refractivity contribution in [3.63, 3.8) is 0 Å². The second-order valence-electron chi connectivity index (χ2n) is 10.3. The molecule has 4 heterocycles. The molecule has 0 unspecified atom stereocenters. The Bertz CT molecular complexity index is 1630. The van der Waals surface area contributed by atoms with Gasteiger partial charge in [-0.2, -0.15) is 0 Å². The molecule has 0 radical (unpaired) electrons. The molecule has 11 heteroatoms. The minimum atomic E-state index is -1.95. The van der Waals surface area contributed by atoms with E-state index in [1.165, 1.54) is 6.07 Å². The highest BCUT2D eigenvalue weighted by molar-refractivity contribution is 5.94. The zero-order valence-corrected chi connectivity index (χ0v) is 21.9. The van der Waals surface area contributed by atoms with Crippen LogP contribution in [0.3, 0.4) is 0 Å². The van der Waals surface area contributed by atoms with Crippen LogP contribution in [0.5, 0.6) is 0 Å². The number of halogens is 1. The topological polar surface area (TPSA) is 132 Å². The average molecular weight is 537 g/mol. The number of carbonyl (C=O) groups excluding carboxylic acids is 2. The fourth-order valence-corrected chi connectivity index (χ4v) is 6.18. The van der Waals surface area contributed by atoms with Gasteiger partial charge < -0.3 is 24.5 Å². The Morgan fingerprint density at radius 3 is 2.85 bits per heavy atom. The highest BCUT2D eigenvalue weighted by Crippen LogP contribution is 2.45. The van der Waals surface area contributed by atoms with Crippen molar-refractivity contribution in [2.24, 2.45) is 0 Å². The molecule has 6 rings (SSSR count). The Morgan fingerprint density at radius 1 is 1.31 bits per heavy atom. The minimum absolute atomic E-state index is 0.0303. The smallest absolute Gasteiger partial charge is 0.343 e. The number of benzene rings is 1. The summed E-state index contributed by atoms with van der Waals surface area (Å²) in [6.45, 7) is 3.44. The van der Waals surface area contributed by atoms with Crippen LogP contribution in [-0.4, -0.2) is 46.9 Å². The molecule has 0 bridgehead atoms. The number of aryl methyl sites for hydroxylation is 1. The van der Waals surface area contributed by atoms with E-state index in [4.69, 9.17) is 14.5 Å². The van der Waals surface area contributed by atoms with Gasteiger partial charge in [-0.3, -0.25) is 14.9 Å². The van der Waals surface area contributed by atoms with Crippen LogP contribution >= 0.6 is 0 Å². The zero-order chi connectivity index (χ0) is 27.6. The molecule has 39 heavy (non-hydrogen) atoms. The van der Waals surface area contributed by atoms with E-state index in [-0.39, 0.29) is 61.3 Å². The van der Waals surface area contributed by atoms with Gasteiger partial charge >= 0.3 is 5.97 Å². The summed E-state index contributed by atoms with van der Waals surface area (Å²) in [4.78, 5) is 43.7. The first-order chi connectivity index (χ1) is 18.7. The summed E-state index contributed by atoms with van der Waals surface area (Å²) in [6.07, 6.45) is 1.13. The number of aromatic nitrogens is 2. The first-order valence-electron chi connectivity index (χ1n) is 13.0. The quantitative estimate of drug-likeness (QED) is 0.193. The number of rotatable bonds is 6. The predicted molar refractivity (Wildman–Crippen MR) is 138 cm³/mol. The highest BCUT2D eigenvalue weighted by Gasteiger charge is 2.46. The van der Waals surface area contributed by atoms with Gasteiger partial charge in [0.15, 0.2) is 5.60 Å². The summed E-state index contributed by atoms with van der Waals surface area (Å²) in [6, 6.07) is 2.62. The van der Waals surface area contributed by atoms with Gasteiger partial charge in [0.2, 0.25) is 5.91 Å². The van der Waals surface area contributed by atoms with Crippen LogP contribution in [0.4, 0.5) is 4.39 Å². The lowest BCUT2D eigenvalue weighted by Crippen LogP contribution is -2.44. The second kappa shape index (κ2) is 9.22. The van der Waals surface area contributed by atoms with Crippen molar-refractivity contribution in [1.29, 1.82) is 0 Å². The maximum atomic E-state index is 15.0. The van der Waals surface area contributed by atoms with Crippen LogP contribution < -0.4 is 16.2 Å². The number of carbonyl (C=O) groups is 2. The van der Waals surface area contributed by atoms with Gasteiger partial charge in [-0.25, -0.2) is 14.2 Å². The normalized spacial score (nSPS) is 20.8. The van der Waals surface area contributed by atoms with Crippen LogP contribution in [0.1, 0.15) is 59.2 Å². The number of nitrogens with zero attached hydrogens (tertiary/aromatic N) is 2. The van der Waals surface area contributed by atoms with Crippen molar-refractivity contribution < 1.29 is 28.6 Å². The first kappa shape index (κ1) is 25.6. The number of esters is 1. The third-order valence-electron chi connectivity index (χ3n) is 8.19. The molecule has 1 amide bonds. The SMILES string of the molecule is CC[C@@]1(O)C(=O)OCc2c1cc1n(c2=O)Cc2c-1nc1cc(F)c(C)c3c1c2[C@@H](NC(=O)COCNC)CC3. The molecular weight excluding hydrogens is 507 g/mol. The number of pyridine rings is 2. The van der Waals surface area contributed by atoms with Crippen LogP contribution in [0.2, 0.25) is 0 Å². The standard InChI is InChI=1S/C28H29FN4O6/c1-4-28(37)17-7-21-25-15(9-33(21)26(35)16(17)10-39-27(28)36)24-19(31-22(34)11-38-12-30-3)6-5-14-13(2)18(29)8-20(32-25)23(14)24/h7-8,19,30,37H,4-6,9-12H2,1-3H3,(H,31,34)/t19-,28-/m0/s1. The monoisotopic (exact) mass is 536 g/mol. The highest BCUT2D eigenvalue weighted by atomic mass is 19.1. The number of ether oxygens (including phenoxy) is 2. The van der Waals surface area contributed by atoms with Gasteiger partial charge in [-0.1, -0.05) is 6.92 Å². The molecule has 204 valence electrons. The van der Waals surface area contributed by atoms with Gasteiger partial charge in [0, 0.05) is 22.6 Å². The molecule has 2 aliphatic heterocycles. The molecule has 1 aliphatic carbocycles. The summed E-state index contributed by atoms with van der Waals surface area (Å²) in [7, 11) is 1.72. The zero-order valence-electron chi connectivity index (χ0n) is 21.9. The van der Waals surface area contributed by atoms with Crippen LogP contribution in [-0.2, 0) is 44.2 Å². The second-order valence-corrected chi connectivity index (χ2v) is 10.3. The Hall–Kier alpha value is -3.67. The van der Waals surface area contributed by atoms with Crippen molar-refractivity contribution in [2.45, 2.75) is 57.9 Å². The average Bonchev–Trinajstić information content (AvgIpc) is 3.29. The Kier molecular flexibility index (Phi) is 6.05. The molecule has 2 aromatic heterocycles. The van der Waals surface area contributed by atoms with E-state index in [0.717, 1.165) is 22.1 Å². The summed E-state index contributed by atoms with van der Waals surface area (Å²) in [5, 5.41) is 17.8. The number of hydrogen-bond acceptors (Lipinski definition) is 8. The maximum absolute atomic E-state index is 15.0. The van der Waals surface area contributed by atoms with E-state index in [1.54, 1.807) is 31.5 Å². The molecule has 0 saturated carbocycles. The van der Waals surface area contributed by atoms with Crippen molar-refractivity contribution in [3.8, 4) is 11.4 Å². The molecule has 3 N–H and O–H groups in total. The van der Waals surface area contributed by atoms with Crippen molar-refractivity contribution in [3.05, 3.63) is 61.7 Å². The Morgan fingerprint density at radius 2 is 2.10 bits per heavy atom. The Balaban J connectivity index is 1.56. The first-order valence-corrected chi connectivity index (χ1v) is 13.0. The van der Waals surface area contributed by atoms with E-state index < -0.39 is 17.6 Å². The number of hydrogen-bond donors (Lipinski definition) is 3. The molecule has 3 aromatic rings. The van der Waals surface area contributed by atoms with E-state index >= 15 is 0 Å². The van der Waals surface area contributed by atoms with Gasteiger partial charge in [0.05, 0.1) is 41.8 Å². The molecule has 2 atom stereocenters. The third-order valence-corrected chi connectivity index (χ3v) is 8.19. The van der Waals surface area contributed by atoms with E-state index in [2.05, 4.69) is 10.6 Å². The lowest BCUT2D eigenvalue weighted by Gasteiger charge is -2.31. The summed E-state index contributed by atoms with van der Waals surface area (Å²) in [5.41, 5.74) is 2.38. The lowest BCUT2D eigenvalue weighted by molar-refractivity contribution is -0.172.